The average molecular weight is 319 g/mol. The Morgan fingerprint density at radius 3 is 2.43 bits per heavy atom. The zero-order valence-electron chi connectivity index (χ0n) is 12.0. The average Bonchev–Trinajstić information content (AvgIpc) is 2.84. The molecule has 1 amide bonds. The summed E-state index contributed by atoms with van der Waals surface area (Å²) in [6.45, 7) is 2.21. The van der Waals surface area contributed by atoms with Gasteiger partial charge in [0.2, 0.25) is 5.91 Å². The number of carbonyl (C=O) groups is 1. The Morgan fingerprint density at radius 2 is 1.95 bits per heavy atom. The van der Waals surface area contributed by atoms with Crippen LogP contribution in [0.5, 0.6) is 0 Å². The van der Waals surface area contributed by atoms with Gasteiger partial charge in [0.05, 0.1) is 6.54 Å². The van der Waals surface area contributed by atoms with Crippen LogP contribution in [0.25, 0.3) is 0 Å². The highest BCUT2D eigenvalue weighted by molar-refractivity contribution is 5.85. The van der Waals surface area contributed by atoms with Gasteiger partial charge in [0.15, 0.2) is 0 Å². The molecule has 0 bridgehead atoms. The van der Waals surface area contributed by atoms with Crippen LogP contribution in [0.1, 0.15) is 31.7 Å². The molecule has 21 heavy (non-hydrogen) atoms. The summed E-state index contributed by atoms with van der Waals surface area (Å²) in [5.74, 6) is -1.39. The fraction of sp³-hybridized carbons (Fsp3) is 0.533. The van der Waals surface area contributed by atoms with E-state index in [0.29, 0.717) is 13.0 Å². The SMILES string of the molecule is CCN(Cc1c(F)cccc1F)C(=O)C1CCC(N)C1.Cl. The predicted octanol–water partition coefficient (Wildman–Crippen LogP) is 2.86. The lowest BCUT2D eigenvalue weighted by atomic mass is 10.1. The first-order valence-electron chi connectivity index (χ1n) is 7.00. The monoisotopic (exact) mass is 318 g/mol. The van der Waals surface area contributed by atoms with E-state index >= 15 is 0 Å². The summed E-state index contributed by atoms with van der Waals surface area (Å²) in [6, 6.07) is 3.81. The number of carbonyl (C=O) groups excluding carboxylic acids is 1. The largest absolute Gasteiger partial charge is 0.338 e. The van der Waals surface area contributed by atoms with Crippen molar-refractivity contribution in [3.8, 4) is 0 Å². The van der Waals surface area contributed by atoms with Gasteiger partial charge < -0.3 is 10.6 Å². The molecule has 1 fully saturated rings. The molecular formula is C15H21ClF2N2O. The topological polar surface area (TPSA) is 46.3 Å². The van der Waals surface area contributed by atoms with Crippen LogP contribution in [-0.4, -0.2) is 23.4 Å². The van der Waals surface area contributed by atoms with E-state index in [9.17, 15) is 13.6 Å². The van der Waals surface area contributed by atoms with Crippen molar-refractivity contribution in [2.24, 2.45) is 11.7 Å². The van der Waals surface area contributed by atoms with E-state index in [0.717, 1.165) is 12.8 Å². The Kier molecular flexibility index (Phi) is 6.55. The predicted molar refractivity (Wildman–Crippen MR) is 80.0 cm³/mol. The first-order valence-corrected chi connectivity index (χ1v) is 7.00. The minimum absolute atomic E-state index is 0. The molecule has 6 heteroatoms. The number of nitrogens with zero attached hydrogens (tertiary/aromatic N) is 1. The molecule has 0 saturated heterocycles. The van der Waals surface area contributed by atoms with Gasteiger partial charge in [-0.1, -0.05) is 6.07 Å². The molecule has 0 aliphatic heterocycles. The van der Waals surface area contributed by atoms with Crippen LogP contribution < -0.4 is 5.73 Å². The Balaban J connectivity index is 0.00000220. The van der Waals surface area contributed by atoms with Gasteiger partial charge in [0.1, 0.15) is 11.6 Å². The Hall–Kier alpha value is -1.20. The lowest BCUT2D eigenvalue weighted by Crippen LogP contribution is -2.35. The van der Waals surface area contributed by atoms with Gasteiger partial charge in [-0.15, -0.1) is 12.4 Å². The maximum Gasteiger partial charge on any atom is 0.226 e. The molecule has 1 saturated carbocycles. The van der Waals surface area contributed by atoms with E-state index in [1.807, 2.05) is 6.92 Å². The van der Waals surface area contributed by atoms with Crippen LogP contribution in [0.15, 0.2) is 18.2 Å². The molecule has 0 radical (unpaired) electrons. The molecule has 2 atom stereocenters. The van der Waals surface area contributed by atoms with Crippen molar-refractivity contribution in [1.29, 1.82) is 0 Å². The number of benzene rings is 1. The third kappa shape index (κ3) is 4.14. The molecule has 1 aliphatic rings. The van der Waals surface area contributed by atoms with Gasteiger partial charge in [0.25, 0.3) is 0 Å². The molecule has 118 valence electrons. The Labute approximate surface area is 129 Å². The van der Waals surface area contributed by atoms with Crippen LogP contribution in [-0.2, 0) is 11.3 Å². The zero-order valence-corrected chi connectivity index (χ0v) is 12.8. The second-order valence-corrected chi connectivity index (χ2v) is 5.32. The fourth-order valence-corrected chi connectivity index (χ4v) is 2.72. The van der Waals surface area contributed by atoms with Crippen molar-refractivity contribution in [3.05, 3.63) is 35.4 Å². The van der Waals surface area contributed by atoms with Crippen molar-refractivity contribution in [2.75, 3.05) is 6.54 Å². The summed E-state index contributed by atoms with van der Waals surface area (Å²) in [7, 11) is 0. The van der Waals surface area contributed by atoms with Crippen molar-refractivity contribution >= 4 is 18.3 Å². The first-order chi connectivity index (χ1) is 9.52. The highest BCUT2D eigenvalue weighted by Gasteiger charge is 2.31. The van der Waals surface area contributed by atoms with Crippen LogP contribution in [0.3, 0.4) is 0 Å². The van der Waals surface area contributed by atoms with Crippen molar-refractivity contribution in [2.45, 2.75) is 38.8 Å². The third-order valence-electron chi connectivity index (χ3n) is 3.93. The van der Waals surface area contributed by atoms with E-state index in [1.54, 1.807) is 0 Å². The van der Waals surface area contributed by atoms with Gasteiger partial charge in [-0.05, 0) is 38.3 Å². The lowest BCUT2D eigenvalue weighted by molar-refractivity contribution is -0.135. The molecule has 2 N–H and O–H groups in total. The fourth-order valence-electron chi connectivity index (χ4n) is 2.72. The highest BCUT2D eigenvalue weighted by Crippen LogP contribution is 2.27. The maximum absolute atomic E-state index is 13.7. The van der Waals surface area contributed by atoms with Crippen molar-refractivity contribution < 1.29 is 13.6 Å². The summed E-state index contributed by atoms with van der Waals surface area (Å²) >= 11 is 0. The number of nitrogens with two attached hydrogens (primary N) is 1. The zero-order chi connectivity index (χ0) is 14.7. The van der Waals surface area contributed by atoms with Gasteiger partial charge >= 0.3 is 0 Å². The Morgan fingerprint density at radius 1 is 1.33 bits per heavy atom. The second kappa shape index (κ2) is 7.71. The molecule has 1 aromatic rings. The Bertz CT molecular complexity index is 478. The third-order valence-corrected chi connectivity index (χ3v) is 3.93. The minimum Gasteiger partial charge on any atom is -0.338 e. The van der Waals surface area contributed by atoms with Crippen LogP contribution >= 0.6 is 12.4 Å². The number of hydrogen-bond donors (Lipinski definition) is 1. The van der Waals surface area contributed by atoms with E-state index in [-0.39, 0.29) is 42.4 Å². The summed E-state index contributed by atoms with van der Waals surface area (Å²) in [5, 5.41) is 0. The van der Waals surface area contributed by atoms with Gasteiger partial charge in [0, 0.05) is 24.1 Å². The first kappa shape index (κ1) is 17.9. The van der Waals surface area contributed by atoms with Crippen LogP contribution in [0.2, 0.25) is 0 Å². The van der Waals surface area contributed by atoms with Crippen LogP contribution in [0.4, 0.5) is 8.78 Å². The number of halogens is 3. The molecule has 2 rings (SSSR count). The summed E-state index contributed by atoms with van der Waals surface area (Å²) < 4.78 is 27.3. The molecule has 0 heterocycles. The summed E-state index contributed by atoms with van der Waals surface area (Å²) in [5.41, 5.74) is 5.76. The van der Waals surface area contributed by atoms with Gasteiger partial charge in [-0.3, -0.25) is 4.79 Å². The molecule has 0 spiro atoms. The van der Waals surface area contributed by atoms with E-state index in [2.05, 4.69) is 0 Å². The van der Waals surface area contributed by atoms with Crippen molar-refractivity contribution in [3.63, 3.8) is 0 Å². The van der Waals surface area contributed by atoms with Gasteiger partial charge in [-0.2, -0.15) is 0 Å². The number of hydrogen-bond acceptors (Lipinski definition) is 2. The molecule has 3 nitrogen and oxygen atoms in total. The molecule has 1 aliphatic carbocycles. The number of rotatable bonds is 4. The minimum atomic E-state index is -0.612. The van der Waals surface area contributed by atoms with E-state index in [4.69, 9.17) is 5.73 Å². The highest BCUT2D eigenvalue weighted by atomic mass is 35.5. The molecular weight excluding hydrogens is 298 g/mol. The van der Waals surface area contributed by atoms with Crippen molar-refractivity contribution in [1.82, 2.24) is 4.90 Å². The molecule has 0 aromatic heterocycles. The van der Waals surface area contributed by atoms with E-state index < -0.39 is 11.6 Å². The lowest BCUT2D eigenvalue weighted by Gasteiger charge is -2.24. The molecule has 1 aromatic carbocycles. The number of amides is 1. The normalized spacial score (nSPS) is 21.0. The second-order valence-electron chi connectivity index (χ2n) is 5.32. The smallest absolute Gasteiger partial charge is 0.226 e. The van der Waals surface area contributed by atoms with E-state index in [1.165, 1.54) is 23.1 Å². The maximum atomic E-state index is 13.7. The standard InChI is InChI=1S/C15H20F2N2O.ClH/c1-2-19(15(20)10-6-7-11(18)8-10)9-12-13(16)4-3-5-14(12)17;/h3-5,10-11H,2,6-9,18H2,1H3;1H. The van der Waals surface area contributed by atoms with Crippen LogP contribution in [0, 0.1) is 17.6 Å². The quantitative estimate of drug-likeness (QED) is 0.928. The summed E-state index contributed by atoms with van der Waals surface area (Å²) in [4.78, 5) is 13.9. The molecule has 2 unspecified atom stereocenters. The van der Waals surface area contributed by atoms with Gasteiger partial charge in [-0.25, -0.2) is 8.78 Å². The summed E-state index contributed by atoms with van der Waals surface area (Å²) in [6.07, 6.45) is 2.26.